The van der Waals surface area contributed by atoms with Crippen LogP contribution in [0.3, 0.4) is 0 Å². The Bertz CT molecular complexity index is 569. The minimum atomic E-state index is -0.0417. The first-order chi connectivity index (χ1) is 10.3. The molecule has 0 spiro atoms. The third-order valence-electron chi connectivity index (χ3n) is 3.80. The topological polar surface area (TPSA) is 73.9 Å². The van der Waals surface area contributed by atoms with Crippen molar-refractivity contribution in [1.29, 1.82) is 0 Å². The van der Waals surface area contributed by atoms with Crippen molar-refractivity contribution in [3.05, 3.63) is 48.0 Å². The number of aromatic nitrogens is 3. The van der Waals surface area contributed by atoms with E-state index in [0.717, 1.165) is 37.2 Å². The smallest absolute Gasteiger partial charge is 0.318 e. The van der Waals surface area contributed by atoms with Gasteiger partial charge in [0.2, 0.25) is 0 Å². The highest BCUT2D eigenvalue weighted by Gasteiger charge is 2.29. The molecule has 0 aliphatic carbocycles. The van der Waals surface area contributed by atoms with Crippen LogP contribution < -0.4 is 5.32 Å². The number of aromatic amines is 1. The van der Waals surface area contributed by atoms with E-state index in [9.17, 15) is 4.79 Å². The SMILES string of the molecule is O=C(NCc1ccccc1)N1CCCCC1c1ncn[nH]1. The summed E-state index contributed by atoms with van der Waals surface area (Å²) >= 11 is 0. The van der Waals surface area contributed by atoms with Crippen LogP contribution in [0, 0.1) is 0 Å². The molecule has 1 fully saturated rings. The lowest BCUT2D eigenvalue weighted by Crippen LogP contribution is -2.44. The van der Waals surface area contributed by atoms with E-state index in [0.29, 0.717) is 6.54 Å². The van der Waals surface area contributed by atoms with Crippen molar-refractivity contribution in [3.63, 3.8) is 0 Å². The number of urea groups is 1. The fourth-order valence-corrected chi connectivity index (χ4v) is 2.71. The Morgan fingerprint density at radius 3 is 2.95 bits per heavy atom. The van der Waals surface area contributed by atoms with E-state index in [-0.39, 0.29) is 12.1 Å². The number of nitrogens with zero attached hydrogens (tertiary/aromatic N) is 3. The van der Waals surface area contributed by atoms with Gasteiger partial charge in [0.15, 0.2) is 0 Å². The summed E-state index contributed by atoms with van der Waals surface area (Å²) in [6, 6.07) is 9.88. The number of likely N-dealkylation sites (tertiary alicyclic amines) is 1. The third kappa shape index (κ3) is 3.21. The van der Waals surface area contributed by atoms with Gasteiger partial charge in [-0.1, -0.05) is 30.3 Å². The molecule has 2 heterocycles. The highest BCUT2D eigenvalue weighted by molar-refractivity contribution is 5.74. The van der Waals surface area contributed by atoms with Crippen molar-refractivity contribution >= 4 is 6.03 Å². The fourth-order valence-electron chi connectivity index (χ4n) is 2.71. The summed E-state index contributed by atoms with van der Waals surface area (Å²) in [4.78, 5) is 18.5. The zero-order chi connectivity index (χ0) is 14.5. The van der Waals surface area contributed by atoms with Gasteiger partial charge in [0.25, 0.3) is 0 Å². The van der Waals surface area contributed by atoms with E-state index in [1.807, 2.05) is 35.2 Å². The normalized spacial score (nSPS) is 18.5. The molecule has 1 aliphatic heterocycles. The molecule has 2 aromatic rings. The second-order valence-corrected chi connectivity index (χ2v) is 5.22. The Kier molecular flexibility index (Phi) is 4.14. The Balaban J connectivity index is 1.64. The highest BCUT2D eigenvalue weighted by atomic mass is 16.2. The van der Waals surface area contributed by atoms with Gasteiger partial charge in [-0.05, 0) is 24.8 Å². The number of carbonyl (C=O) groups excluding carboxylic acids is 1. The predicted molar refractivity (Wildman–Crippen MR) is 78.4 cm³/mol. The van der Waals surface area contributed by atoms with Crippen LogP contribution in [-0.4, -0.2) is 32.7 Å². The van der Waals surface area contributed by atoms with Crippen LogP contribution in [0.5, 0.6) is 0 Å². The lowest BCUT2D eigenvalue weighted by molar-refractivity contribution is 0.147. The molecule has 0 bridgehead atoms. The molecule has 1 aliphatic rings. The average molecular weight is 285 g/mol. The van der Waals surface area contributed by atoms with Gasteiger partial charge >= 0.3 is 6.03 Å². The molecular weight excluding hydrogens is 266 g/mol. The zero-order valence-corrected chi connectivity index (χ0v) is 11.8. The second kappa shape index (κ2) is 6.39. The number of carbonyl (C=O) groups is 1. The quantitative estimate of drug-likeness (QED) is 0.908. The molecule has 1 aromatic carbocycles. The molecular formula is C15H19N5O. The molecule has 2 N–H and O–H groups in total. The monoisotopic (exact) mass is 285 g/mol. The minimum Gasteiger partial charge on any atom is -0.334 e. The Morgan fingerprint density at radius 1 is 1.33 bits per heavy atom. The summed E-state index contributed by atoms with van der Waals surface area (Å²) in [5.74, 6) is 0.768. The Labute approximate surface area is 123 Å². The number of H-pyrrole nitrogens is 1. The Hall–Kier alpha value is -2.37. The van der Waals surface area contributed by atoms with Crippen LogP contribution in [0.15, 0.2) is 36.7 Å². The van der Waals surface area contributed by atoms with Gasteiger partial charge in [-0.3, -0.25) is 5.10 Å². The maximum absolute atomic E-state index is 12.4. The van der Waals surface area contributed by atoms with E-state index < -0.39 is 0 Å². The minimum absolute atomic E-state index is 0.00276. The number of hydrogen-bond donors (Lipinski definition) is 2. The molecule has 6 nitrogen and oxygen atoms in total. The lowest BCUT2D eigenvalue weighted by Gasteiger charge is -2.34. The summed E-state index contributed by atoms with van der Waals surface area (Å²) in [6.07, 6.45) is 4.55. The first-order valence-corrected chi connectivity index (χ1v) is 7.28. The van der Waals surface area contributed by atoms with Crippen LogP contribution in [0.2, 0.25) is 0 Å². The number of benzene rings is 1. The van der Waals surface area contributed by atoms with Crippen molar-refractivity contribution in [3.8, 4) is 0 Å². The van der Waals surface area contributed by atoms with E-state index in [1.165, 1.54) is 6.33 Å². The molecule has 3 rings (SSSR count). The molecule has 21 heavy (non-hydrogen) atoms. The molecule has 6 heteroatoms. The average Bonchev–Trinajstić information content (AvgIpc) is 3.08. The van der Waals surface area contributed by atoms with Crippen LogP contribution in [0.4, 0.5) is 4.79 Å². The molecule has 1 saturated heterocycles. The van der Waals surface area contributed by atoms with E-state index in [2.05, 4.69) is 20.5 Å². The molecule has 2 amide bonds. The van der Waals surface area contributed by atoms with E-state index >= 15 is 0 Å². The molecule has 0 radical (unpaired) electrons. The highest BCUT2D eigenvalue weighted by Crippen LogP contribution is 2.28. The molecule has 1 atom stereocenters. The zero-order valence-electron chi connectivity index (χ0n) is 11.8. The second-order valence-electron chi connectivity index (χ2n) is 5.22. The number of rotatable bonds is 3. The first-order valence-electron chi connectivity index (χ1n) is 7.28. The fraction of sp³-hybridized carbons (Fsp3) is 0.400. The maximum atomic E-state index is 12.4. The standard InChI is InChI=1S/C15H19N5O/c21-15(16-10-12-6-2-1-3-7-12)20-9-5-4-8-13(20)14-17-11-18-19-14/h1-3,6-7,11,13H,4-5,8-10H2,(H,16,21)(H,17,18,19). The number of hydrogen-bond acceptors (Lipinski definition) is 3. The van der Waals surface area contributed by atoms with Gasteiger partial charge in [0.1, 0.15) is 12.2 Å². The van der Waals surface area contributed by atoms with Gasteiger partial charge in [-0.2, -0.15) is 5.10 Å². The van der Waals surface area contributed by atoms with E-state index in [1.54, 1.807) is 0 Å². The van der Waals surface area contributed by atoms with Crippen LogP contribution in [0.1, 0.15) is 36.7 Å². The summed E-state index contributed by atoms with van der Waals surface area (Å²) in [5.41, 5.74) is 1.10. The number of piperidine rings is 1. The molecule has 110 valence electrons. The van der Waals surface area contributed by atoms with Crippen molar-refractivity contribution in [2.75, 3.05) is 6.54 Å². The first kappa shape index (κ1) is 13.6. The number of nitrogens with one attached hydrogen (secondary N) is 2. The maximum Gasteiger partial charge on any atom is 0.318 e. The van der Waals surface area contributed by atoms with E-state index in [4.69, 9.17) is 0 Å². The van der Waals surface area contributed by atoms with Gasteiger partial charge in [0.05, 0.1) is 6.04 Å². The predicted octanol–water partition coefficient (Wildman–Crippen LogP) is 2.24. The van der Waals surface area contributed by atoms with Crippen LogP contribution in [-0.2, 0) is 6.54 Å². The van der Waals surface area contributed by atoms with Gasteiger partial charge in [-0.25, -0.2) is 9.78 Å². The largest absolute Gasteiger partial charge is 0.334 e. The molecule has 1 unspecified atom stereocenters. The summed E-state index contributed by atoms with van der Waals surface area (Å²) in [7, 11) is 0. The molecule has 1 aromatic heterocycles. The summed E-state index contributed by atoms with van der Waals surface area (Å²) in [5, 5.41) is 9.76. The Morgan fingerprint density at radius 2 is 2.19 bits per heavy atom. The lowest BCUT2D eigenvalue weighted by atomic mass is 10.0. The van der Waals surface area contributed by atoms with Crippen molar-refractivity contribution in [1.82, 2.24) is 25.4 Å². The van der Waals surface area contributed by atoms with Crippen LogP contribution in [0.25, 0.3) is 0 Å². The molecule has 0 saturated carbocycles. The van der Waals surface area contributed by atoms with Crippen LogP contribution >= 0.6 is 0 Å². The summed E-state index contributed by atoms with van der Waals surface area (Å²) in [6.45, 7) is 1.30. The van der Waals surface area contributed by atoms with Crippen molar-refractivity contribution in [2.45, 2.75) is 31.8 Å². The van der Waals surface area contributed by atoms with Gasteiger partial charge < -0.3 is 10.2 Å². The van der Waals surface area contributed by atoms with Crippen molar-refractivity contribution < 1.29 is 4.79 Å². The van der Waals surface area contributed by atoms with Gasteiger partial charge in [-0.15, -0.1) is 0 Å². The van der Waals surface area contributed by atoms with Crippen molar-refractivity contribution in [2.24, 2.45) is 0 Å². The summed E-state index contributed by atoms with van der Waals surface area (Å²) < 4.78 is 0. The third-order valence-corrected chi connectivity index (χ3v) is 3.80. The number of amides is 2. The van der Waals surface area contributed by atoms with Gasteiger partial charge in [0, 0.05) is 13.1 Å².